The highest BCUT2D eigenvalue weighted by atomic mass is 19.3. The Labute approximate surface area is 80.3 Å². The van der Waals surface area contributed by atoms with Crippen molar-refractivity contribution in [1.29, 1.82) is 0 Å². The summed E-state index contributed by atoms with van der Waals surface area (Å²) in [6.45, 7) is 1.11. The maximum Gasteiger partial charge on any atom is 0.265 e. The Morgan fingerprint density at radius 2 is 2.21 bits per heavy atom. The summed E-state index contributed by atoms with van der Waals surface area (Å²) in [6.07, 6.45) is -2.63. The highest BCUT2D eigenvalue weighted by Crippen LogP contribution is 2.26. The van der Waals surface area contributed by atoms with Gasteiger partial charge in [-0.25, -0.2) is 13.8 Å². The lowest BCUT2D eigenvalue weighted by molar-refractivity contribution is 0.145. The first-order chi connectivity index (χ1) is 6.60. The Morgan fingerprint density at radius 3 is 2.64 bits per heavy atom. The molecule has 78 valence electrons. The van der Waals surface area contributed by atoms with E-state index in [1.807, 2.05) is 0 Å². The molecule has 0 saturated carbocycles. The van der Waals surface area contributed by atoms with Crippen molar-refractivity contribution in [2.24, 2.45) is 0 Å². The molecule has 1 N–H and O–H groups in total. The average Bonchev–Trinajstić information content (AvgIpc) is 2.17. The number of alkyl halides is 2. The maximum atomic E-state index is 12.4. The summed E-state index contributed by atoms with van der Waals surface area (Å²) >= 11 is 0. The molecule has 3 nitrogen and oxygen atoms in total. The normalized spacial score (nSPS) is 10.7. The molecule has 0 saturated heterocycles. The van der Waals surface area contributed by atoms with Crippen molar-refractivity contribution in [1.82, 2.24) is 4.98 Å². The molecule has 1 heterocycles. The Balaban J connectivity index is 3.24. The van der Waals surface area contributed by atoms with Crippen LogP contribution in [0.4, 0.5) is 8.78 Å². The zero-order valence-corrected chi connectivity index (χ0v) is 7.92. The minimum absolute atomic E-state index is 0.0394. The van der Waals surface area contributed by atoms with Crippen LogP contribution in [-0.4, -0.2) is 17.2 Å². The average molecular weight is 203 g/mol. The number of pyridine rings is 1. The molecule has 0 aromatic carbocycles. The van der Waals surface area contributed by atoms with E-state index in [9.17, 15) is 8.78 Å². The van der Waals surface area contributed by atoms with Crippen molar-refractivity contribution in [3.05, 3.63) is 22.9 Å². The van der Waals surface area contributed by atoms with Crippen LogP contribution in [0.15, 0.2) is 6.07 Å². The van der Waals surface area contributed by atoms with E-state index in [0.717, 1.165) is 0 Å². The van der Waals surface area contributed by atoms with E-state index >= 15 is 0 Å². The molecule has 0 aliphatic rings. The molecule has 0 aliphatic carbocycles. The lowest BCUT2D eigenvalue weighted by Gasteiger charge is -2.10. The van der Waals surface area contributed by atoms with Crippen LogP contribution in [-0.2, 0) is 6.61 Å². The van der Waals surface area contributed by atoms with Gasteiger partial charge in [-0.15, -0.1) is 0 Å². The fraction of sp³-hybridized carbons (Fsp3) is 0.444. The molecule has 1 aromatic heterocycles. The van der Waals surface area contributed by atoms with Gasteiger partial charge in [0.25, 0.3) is 6.43 Å². The third-order valence-corrected chi connectivity index (χ3v) is 1.86. The molecule has 1 rings (SSSR count). The van der Waals surface area contributed by atoms with Crippen molar-refractivity contribution < 1.29 is 18.6 Å². The highest BCUT2D eigenvalue weighted by molar-refractivity contribution is 5.33. The summed E-state index contributed by atoms with van der Waals surface area (Å²) < 4.78 is 29.7. The maximum absolute atomic E-state index is 12.4. The standard InChI is InChI=1S/C9H11F2NO2/c1-5-3-6(8(10)11)7(4-13)12-9(5)14-2/h3,8,13H,4H2,1-2H3. The van der Waals surface area contributed by atoms with Gasteiger partial charge >= 0.3 is 0 Å². The van der Waals surface area contributed by atoms with Crippen LogP contribution in [0, 0.1) is 6.92 Å². The molecule has 5 heteroatoms. The van der Waals surface area contributed by atoms with E-state index in [1.165, 1.54) is 13.2 Å². The van der Waals surface area contributed by atoms with Gasteiger partial charge in [-0.05, 0) is 13.0 Å². The summed E-state index contributed by atoms with van der Waals surface area (Å²) in [7, 11) is 1.40. The van der Waals surface area contributed by atoms with Crippen LogP contribution < -0.4 is 4.74 Å². The molecular weight excluding hydrogens is 192 g/mol. The van der Waals surface area contributed by atoms with Gasteiger partial charge < -0.3 is 9.84 Å². The van der Waals surface area contributed by atoms with E-state index in [4.69, 9.17) is 9.84 Å². The topological polar surface area (TPSA) is 42.4 Å². The molecule has 0 fully saturated rings. The lowest BCUT2D eigenvalue weighted by atomic mass is 10.1. The number of ether oxygens (including phenoxy) is 1. The van der Waals surface area contributed by atoms with Crippen LogP contribution >= 0.6 is 0 Å². The number of aromatic nitrogens is 1. The monoisotopic (exact) mass is 203 g/mol. The van der Waals surface area contributed by atoms with E-state index in [2.05, 4.69) is 4.98 Å². The van der Waals surface area contributed by atoms with Crippen LogP contribution in [0.2, 0.25) is 0 Å². The number of aliphatic hydroxyl groups excluding tert-OH is 1. The van der Waals surface area contributed by atoms with E-state index < -0.39 is 13.0 Å². The molecule has 0 bridgehead atoms. The molecular formula is C9H11F2NO2. The Hall–Kier alpha value is -1.23. The molecule has 1 aromatic rings. The van der Waals surface area contributed by atoms with E-state index in [1.54, 1.807) is 6.92 Å². The van der Waals surface area contributed by atoms with Crippen molar-refractivity contribution in [3.8, 4) is 5.88 Å². The van der Waals surface area contributed by atoms with Gasteiger partial charge in [-0.1, -0.05) is 0 Å². The van der Waals surface area contributed by atoms with Gasteiger partial charge in [-0.3, -0.25) is 0 Å². The largest absolute Gasteiger partial charge is 0.481 e. The predicted molar refractivity (Wildman–Crippen MR) is 46.4 cm³/mol. The number of halogens is 2. The SMILES string of the molecule is COc1nc(CO)c(C(F)F)cc1C. The van der Waals surface area contributed by atoms with Gasteiger partial charge in [0, 0.05) is 11.1 Å². The quantitative estimate of drug-likeness (QED) is 0.814. The highest BCUT2D eigenvalue weighted by Gasteiger charge is 2.16. The first-order valence-electron chi connectivity index (χ1n) is 4.03. The number of rotatable bonds is 3. The van der Waals surface area contributed by atoms with Crippen LogP contribution in [0.25, 0.3) is 0 Å². The smallest absolute Gasteiger partial charge is 0.265 e. The number of nitrogens with zero attached hydrogens (tertiary/aromatic N) is 1. The van der Waals surface area contributed by atoms with Crippen LogP contribution in [0.1, 0.15) is 23.2 Å². The van der Waals surface area contributed by atoms with Crippen molar-refractivity contribution in [2.75, 3.05) is 7.11 Å². The zero-order chi connectivity index (χ0) is 10.7. The number of aliphatic hydroxyl groups is 1. The molecule has 0 aliphatic heterocycles. The predicted octanol–water partition coefficient (Wildman–Crippen LogP) is 1.83. The van der Waals surface area contributed by atoms with Crippen molar-refractivity contribution >= 4 is 0 Å². The minimum Gasteiger partial charge on any atom is -0.481 e. The fourth-order valence-electron chi connectivity index (χ4n) is 1.18. The molecule has 0 spiro atoms. The Bertz CT molecular complexity index is 329. The van der Waals surface area contributed by atoms with Gasteiger partial charge in [-0.2, -0.15) is 0 Å². The van der Waals surface area contributed by atoms with Gasteiger partial charge in [0.15, 0.2) is 0 Å². The van der Waals surface area contributed by atoms with Gasteiger partial charge in [0.1, 0.15) is 0 Å². The van der Waals surface area contributed by atoms with Gasteiger partial charge in [0.05, 0.1) is 19.4 Å². The van der Waals surface area contributed by atoms with E-state index in [0.29, 0.717) is 5.56 Å². The summed E-state index contributed by atoms with van der Waals surface area (Å²) in [5, 5.41) is 8.83. The fourth-order valence-corrected chi connectivity index (χ4v) is 1.18. The number of methoxy groups -OCH3 is 1. The molecule has 0 unspecified atom stereocenters. The molecule has 0 amide bonds. The molecule has 0 atom stereocenters. The van der Waals surface area contributed by atoms with Crippen molar-refractivity contribution in [3.63, 3.8) is 0 Å². The Morgan fingerprint density at radius 1 is 1.57 bits per heavy atom. The Kier molecular flexibility index (Phi) is 3.35. The number of aryl methyl sites for hydroxylation is 1. The number of hydrogen-bond acceptors (Lipinski definition) is 3. The van der Waals surface area contributed by atoms with Crippen molar-refractivity contribution in [2.45, 2.75) is 20.0 Å². The number of hydrogen-bond donors (Lipinski definition) is 1. The van der Waals surface area contributed by atoms with Crippen LogP contribution in [0.3, 0.4) is 0 Å². The lowest BCUT2D eigenvalue weighted by Crippen LogP contribution is -2.02. The summed E-state index contributed by atoms with van der Waals surface area (Å²) in [5.74, 6) is 0.262. The third kappa shape index (κ3) is 1.98. The van der Waals surface area contributed by atoms with Crippen LogP contribution in [0.5, 0.6) is 5.88 Å². The summed E-state index contributed by atoms with van der Waals surface area (Å²) in [4.78, 5) is 3.78. The first kappa shape index (κ1) is 10.8. The molecule has 14 heavy (non-hydrogen) atoms. The first-order valence-corrected chi connectivity index (χ1v) is 4.03. The summed E-state index contributed by atoms with van der Waals surface area (Å²) in [5.41, 5.74) is 0.244. The second-order valence-electron chi connectivity index (χ2n) is 2.81. The van der Waals surface area contributed by atoms with E-state index in [-0.39, 0.29) is 17.1 Å². The molecule has 0 radical (unpaired) electrons. The second kappa shape index (κ2) is 4.32. The minimum atomic E-state index is -2.63. The summed E-state index contributed by atoms with van der Waals surface area (Å²) in [6, 6.07) is 1.28. The van der Waals surface area contributed by atoms with Gasteiger partial charge in [0.2, 0.25) is 5.88 Å². The zero-order valence-electron chi connectivity index (χ0n) is 7.92. The second-order valence-corrected chi connectivity index (χ2v) is 2.81. The third-order valence-electron chi connectivity index (χ3n) is 1.86.